The van der Waals surface area contributed by atoms with Gasteiger partial charge in [-0.3, -0.25) is 14.4 Å². The van der Waals surface area contributed by atoms with Crippen molar-refractivity contribution in [3.05, 3.63) is 53.3 Å². The van der Waals surface area contributed by atoms with E-state index in [1.54, 1.807) is 35.0 Å². The van der Waals surface area contributed by atoms with Gasteiger partial charge in [0.2, 0.25) is 0 Å². The maximum absolute atomic E-state index is 15.2. The van der Waals surface area contributed by atoms with Crippen molar-refractivity contribution in [2.75, 3.05) is 25.0 Å². The van der Waals surface area contributed by atoms with Crippen LogP contribution < -0.4 is 5.32 Å². The van der Waals surface area contributed by atoms with Crippen molar-refractivity contribution < 1.29 is 18.7 Å². The molecule has 2 aromatic heterocycles. The molecular formula is C27H33F2N5O2. The molecule has 5 rings (SSSR count). The number of fused-ring (bicyclic) bond motifs is 2. The highest BCUT2D eigenvalue weighted by molar-refractivity contribution is 5.88. The summed E-state index contributed by atoms with van der Waals surface area (Å²) in [5, 5.41) is 18.4. The molecule has 1 unspecified atom stereocenters. The van der Waals surface area contributed by atoms with Crippen LogP contribution in [0.1, 0.15) is 55.0 Å². The third-order valence-electron chi connectivity index (χ3n) is 7.65. The zero-order chi connectivity index (χ0) is 25.3. The van der Waals surface area contributed by atoms with Gasteiger partial charge in [0.1, 0.15) is 11.9 Å². The van der Waals surface area contributed by atoms with Crippen LogP contribution in [-0.4, -0.2) is 56.3 Å². The van der Waals surface area contributed by atoms with Gasteiger partial charge in [0.15, 0.2) is 0 Å². The number of carboxylic acids is 1. The van der Waals surface area contributed by atoms with Crippen molar-refractivity contribution in [1.29, 1.82) is 0 Å². The number of para-hydroxylation sites is 1. The number of rotatable bonds is 9. The van der Waals surface area contributed by atoms with Crippen molar-refractivity contribution in [3.63, 3.8) is 0 Å². The lowest BCUT2D eigenvalue weighted by Gasteiger charge is -2.27. The first-order chi connectivity index (χ1) is 17.3. The standard InChI is InChI=1S/C27H33F2N5O2/c1-33-23-19(16-31-33)6-4-9-22(23)24(26(35)36)34-15-12-20(17-34)27(28,29)13-3-2-8-21-11-10-18-7-5-14-30-25(18)32-21/h4,6,9-11,16,20,24H,2-3,5,7-8,12-15,17H2,1H3,(H,30,32)(H,35,36)/t20-,24?/m1/s1. The van der Waals surface area contributed by atoms with Crippen LogP contribution in [0.3, 0.4) is 0 Å². The average molecular weight is 498 g/mol. The van der Waals surface area contributed by atoms with Crippen molar-refractivity contribution >= 4 is 22.7 Å². The number of benzene rings is 1. The Morgan fingerprint density at radius 2 is 2.14 bits per heavy atom. The van der Waals surface area contributed by atoms with E-state index in [1.807, 2.05) is 12.1 Å². The fourth-order valence-corrected chi connectivity index (χ4v) is 5.72. The fourth-order valence-electron chi connectivity index (χ4n) is 5.72. The normalized spacial score (nSPS) is 19.2. The third kappa shape index (κ3) is 4.93. The first-order valence-electron chi connectivity index (χ1n) is 12.8. The van der Waals surface area contributed by atoms with Gasteiger partial charge in [0, 0.05) is 49.1 Å². The van der Waals surface area contributed by atoms with E-state index < -0.39 is 23.9 Å². The zero-order valence-corrected chi connectivity index (χ0v) is 20.6. The molecule has 0 spiro atoms. The Hall–Kier alpha value is -3.07. The monoisotopic (exact) mass is 497 g/mol. The van der Waals surface area contributed by atoms with Gasteiger partial charge in [-0.25, -0.2) is 13.8 Å². The van der Waals surface area contributed by atoms with Gasteiger partial charge in [-0.15, -0.1) is 0 Å². The summed E-state index contributed by atoms with van der Waals surface area (Å²) in [4.78, 5) is 18.6. The summed E-state index contributed by atoms with van der Waals surface area (Å²) in [6, 6.07) is 8.56. The summed E-state index contributed by atoms with van der Waals surface area (Å²) >= 11 is 0. The van der Waals surface area contributed by atoms with Gasteiger partial charge < -0.3 is 10.4 Å². The van der Waals surface area contributed by atoms with E-state index in [4.69, 9.17) is 0 Å². The molecular weight excluding hydrogens is 464 g/mol. The maximum atomic E-state index is 15.2. The van der Waals surface area contributed by atoms with Crippen LogP contribution >= 0.6 is 0 Å². The van der Waals surface area contributed by atoms with Crippen LogP contribution in [0.15, 0.2) is 36.5 Å². The molecule has 0 aliphatic carbocycles. The number of pyridine rings is 1. The number of unbranched alkanes of at least 4 members (excludes halogenated alkanes) is 1. The molecule has 2 aliphatic heterocycles. The van der Waals surface area contributed by atoms with Crippen molar-refractivity contribution in [2.45, 2.75) is 56.9 Å². The van der Waals surface area contributed by atoms with E-state index in [-0.39, 0.29) is 19.4 Å². The zero-order valence-electron chi connectivity index (χ0n) is 20.6. The predicted octanol–water partition coefficient (Wildman–Crippen LogP) is 4.82. The number of carbonyl (C=O) groups is 1. The number of halogens is 2. The second-order valence-corrected chi connectivity index (χ2v) is 10.1. The van der Waals surface area contributed by atoms with Crippen LogP contribution in [0.25, 0.3) is 10.9 Å². The van der Waals surface area contributed by atoms with E-state index in [9.17, 15) is 9.90 Å². The number of alkyl halides is 2. The fraction of sp³-hybridized carbons (Fsp3) is 0.519. The third-order valence-corrected chi connectivity index (χ3v) is 7.65. The van der Waals surface area contributed by atoms with E-state index in [1.165, 1.54) is 5.56 Å². The minimum absolute atomic E-state index is 0.0657. The molecule has 2 aliphatic rings. The Labute approximate surface area is 209 Å². The molecule has 1 fully saturated rings. The van der Waals surface area contributed by atoms with Crippen LogP contribution in [0.4, 0.5) is 14.6 Å². The van der Waals surface area contributed by atoms with Crippen molar-refractivity contribution in [1.82, 2.24) is 19.7 Å². The molecule has 3 aromatic rings. The van der Waals surface area contributed by atoms with E-state index in [0.29, 0.717) is 31.4 Å². The highest BCUT2D eigenvalue weighted by Crippen LogP contribution is 2.40. The van der Waals surface area contributed by atoms with E-state index in [2.05, 4.69) is 21.5 Å². The lowest BCUT2D eigenvalue weighted by molar-refractivity contribution is -0.143. The van der Waals surface area contributed by atoms with Gasteiger partial charge >= 0.3 is 5.97 Å². The summed E-state index contributed by atoms with van der Waals surface area (Å²) < 4.78 is 32.0. The summed E-state index contributed by atoms with van der Waals surface area (Å²) in [6.45, 7) is 1.32. The highest BCUT2D eigenvalue weighted by atomic mass is 19.3. The minimum Gasteiger partial charge on any atom is -0.480 e. The number of hydrogen-bond donors (Lipinski definition) is 2. The Morgan fingerprint density at radius 1 is 1.28 bits per heavy atom. The number of aliphatic carboxylic acids is 1. The van der Waals surface area contributed by atoms with E-state index in [0.717, 1.165) is 41.8 Å². The molecule has 2 N–H and O–H groups in total. The molecule has 0 saturated carbocycles. The van der Waals surface area contributed by atoms with Crippen LogP contribution in [0.2, 0.25) is 0 Å². The van der Waals surface area contributed by atoms with E-state index >= 15 is 8.78 Å². The van der Waals surface area contributed by atoms with Crippen molar-refractivity contribution in [3.8, 4) is 0 Å². The number of aryl methyl sites for hydroxylation is 3. The SMILES string of the molecule is Cn1ncc2cccc(C(C(=O)O)N3CC[C@@H](C(F)(F)CCCCc4ccc5c(n4)NCCC5)C3)c21. The first kappa shape index (κ1) is 24.6. The van der Waals surface area contributed by atoms with Gasteiger partial charge in [-0.05, 0) is 56.7 Å². The summed E-state index contributed by atoms with van der Waals surface area (Å²) in [5.41, 5.74) is 3.48. The number of likely N-dealkylation sites (tertiary alicyclic amines) is 1. The molecule has 0 radical (unpaired) electrons. The van der Waals surface area contributed by atoms with Crippen LogP contribution in [0, 0.1) is 5.92 Å². The molecule has 1 saturated heterocycles. The molecule has 0 amide bonds. The molecule has 9 heteroatoms. The summed E-state index contributed by atoms with van der Waals surface area (Å²) in [6.07, 6.45) is 5.66. The topological polar surface area (TPSA) is 83.3 Å². The molecule has 1 aromatic carbocycles. The molecule has 2 atom stereocenters. The molecule has 36 heavy (non-hydrogen) atoms. The Kier molecular flexibility index (Phi) is 6.92. The van der Waals surface area contributed by atoms with Crippen LogP contribution in [0.5, 0.6) is 0 Å². The number of nitrogens with one attached hydrogen (secondary N) is 1. The largest absolute Gasteiger partial charge is 0.480 e. The molecule has 4 heterocycles. The van der Waals surface area contributed by atoms with Gasteiger partial charge in [0.05, 0.1) is 11.7 Å². The maximum Gasteiger partial charge on any atom is 0.325 e. The lowest BCUT2D eigenvalue weighted by Crippen LogP contribution is -2.36. The summed E-state index contributed by atoms with van der Waals surface area (Å²) in [7, 11) is 1.77. The first-order valence-corrected chi connectivity index (χ1v) is 12.8. The van der Waals surface area contributed by atoms with Gasteiger partial charge in [-0.2, -0.15) is 5.10 Å². The smallest absolute Gasteiger partial charge is 0.325 e. The number of anilines is 1. The number of nitrogens with zero attached hydrogens (tertiary/aromatic N) is 4. The lowest BCUT2D eigenvalue weighted by atomic mass is 9.95. The van der Waals surface area contributed by atoms with Gasteiger partial charge in [-0.1, -0.05) is 24.3 Å². The Morgan fingerprint density at radius 3 is 2.97 bits per heavy atom. The quantitative estimate of drug-likeness (QED) is 0.413. The van der Waals surface area contributed by atoms with Crippen molar-refractivity contribution in [2.24, 2.45) is 13.0 Å². The van der Waals surface area contributed by atoms with Gasteiger partial charge in [0.25, 0.3) is 5.92 Å². The molecule has 7 nitrogen and oxygen atoms in total. The molecule has 192 valence electrons. The number of hydrogen-bond acceptors (Lipinski definition) is 5. The van der Waals surface area contributed by atoms with Crippen LogP contribution in [-0.2, 0) is 24.7 Å². The Bertz CT molecular complexity index is 1240. The second kappa shape index (κ2) is 10.1. The Balaban J connectivity index is 1.19. The number of carboxylic acid groups (broad SMARTS) is 1. The highest BCUT2D eigenvalue weighted by Gasteiger charge is 2.45. The minimum atomic E-state index is -2.83. The average Bonchev–Trinajstić information content (AvgIpc) is 3.50. The molecule has 0 bridgehead atoms. The predicted molar refractivity (Wildman–Crippen MR) is 134 cm³/mol. The number of aromatic nitrogens is 3. The second-order valence-electron chi connectivity index (χ2n) is 10.1. The summed E-state index contributed by atoms with van der Waals surface area (Å²) in [5.74, 6) is -3.78.